The lowest BCUT2D eigenvalue weighted by molar-refractivity contribution is -0.120. The van der Waals surface area contributed by atoms with Crippen LogP contribution < -0.4 is 16.8 Å². The Labute approximate surface area is 116 Å². The highest BCUT2D eigenvalue weighted by Gasteiger charge is 2.08. The Kier molecular flexibility index (Phi) is 5.59. The number of carbonyl (C=O) groups is 2. The van der Waals surface area contributed by atoms with Crippen molar-refractivity contribution < 1.29 is 9.59 Å². The van der Waals surface area contributed by atoms with Crippen LogP contribution in [0.1, 0.15) is 6.42 Å². The smallest absolute Gasteiger partial charge is 0.231 e. The highest BCUT2D eigenvalue weighted by Crippen LogP contribution is 2.22. The number of nitrogens with one attached hydrogen (secondary N) is 1. The van der Waals surface area contributed by atoms with E-state index in [1.54, 1.807) is 30.1 Å². The van der Waals surface area contributed by atoms with Crippen molar-refractivity contribution in [3.05, 3.63) is 23.2 Å². The number of anilines is 2. The number of carbonyl (C=O) groups excluding carboxylic acids is 2. The maximum Gasteiger partial charge on any atom is 0.231 e. The quantitative estimate of drug-likeness (QED) is 0.668. The molecule has 1 rings (SSSR count). The Balaban J connectivity index is 2.45. The second kappa shape index (κ2) is 6.96. The predicted octanol–water partition coefficient (Wildman–Crippen LogP) is 0.668. The van der Waals surface area contributed by atoms with E-state index in [1.807, 2.05) is 0 Å². The minimum atomic E-state index is -0.426. The Morgan fingerprint density at radius 1 is 1.42 bits per heavy atom. The number of nitrogens with zero attached hydrogens (tertiary/aromatic N) is 1. The van der Waals surface area contributed by atoms with Crippen molar-refractivity contribution in [3.63, 3.8) is 0 Å². The normalized spacial score (nSPS) is 10.5. The number of likely N-dealkylation sites (N-methyl/N-ethyl adjacent to an activating group) is 1. The Bertz CT molecular complexity index is 479. The van der Waals surface area contributed by atoms with Crippen molar-refractivity contribution in [2.24, 2.45) is 5.73 Å². The first-order chi connectivity index (χ1) is 8.88. The van der Waals surface area contributed by atoms with E-state index in [9.17, 15) is 9.59 Å². The summed E-state index contributed by atoms with van der Waals surface area (Å²) in [7, 11) is 1.72. The number of rotatable bonds is 6. The molecule has 0 spiro atoms. The van der Waals surface area contributed by atoms with Gasteiger partial charge in [-0.05, 0) is 25.2 Å². The monoisotopic (exact) mass is 284 g/mol. The van der Waals surface area contributed by atoms with Crippen LogP contribution in [0.5, 0.6) is 0 Å². The Morgan fingerprint density at radius 3 is 2.68 bits per heavy atom. The summed E-state index contributed by atoms with van der Waals surface area (Å²) in [5, 5.41) is 3.19. The fourth-order valence-corrected chi connectivity index (χ4v) is 1.68. The average molecular weight is 285 g/mol. The van der Waals surface area contributed by atoms with Gasteiger partial charge in [0, 0.05) is 18.0 Å². The first kappa shape index (κ1) is 15.3. The van der Waals surface area contributed by atoms with Crippen LogP contribution in [-0.4, -0.2) is 36.9 Å². The summed E-state index contributed by atoms with van der Waals surface area (Å²) in [5.74, 6) is -0.616. The van der Waals surface area contributed by atoms with E-state index in [4.69, 9.17) is 23.1 Å². The number of nitrogens with two attached hydrogens (primary N) is 2. The summed E-state index contributed by atoms with van der Waals surface area (Å²) in [5.41, 5.74) is 11.7. The van der Waals surface area contributed by atoms with E-state index in [0.29, 0.717) is 22.9 Å². The predicted molar refractivity (Wildman–Crippen MR) is 75.8 cm³/mol. The number of amides is 2. The molecule has 7 heteroatoms. The summed E-state index contributed by atoms with van der Waals surface area (Å²) < 4.78 is 0. The molecule has 0 saturated carbocycles. The van der Waals surface area contributed by atoms with Gasteiger partial charge in [0.1, 0.15) is 0 Å². The maximum atomic E-state index is 11.7. The zero-order chi connectivity index (χ0) is 14.4. The summed E-state index contributed by atoms with van der Waals surface area (Å²) >= 11 is 5.76. The molecule has 0 aliphatic heterocycles. The van der Waals surface area contributed by atoms with Gasteiger partial charge in [0.2, 0.25) is 11.8 Å². The highest BCUT2D eigenvalue weighted by molar-refractivity contribution is 6.31. The van der Waals surface area contributed by atoms with Crippen molar-refractivity contribution >= 4 is 34.8 Å². The minimum absolute atomic E-state index is 0.121. The highest BCUT2D eigenvalue weighted by atomic mass is 35.5. The molecule has 5 N–H and O–H groups in total. The molecule has 0 aliphatic rings. The summed E-state index contributed by atoms with van der Waals surface area (Å²) in [6, 6.07) is 4.85. The van der Waals surface area contributed by atoms with E-state index in [-0.39, 0.29) is 18.9 Å². The van der Waals surface area contributed by atoms with Crippen molar-refractivity contribution in [3.8, 4) is 0 Å². The van der Waals surface area contributed by atoms with E-state index in [0.717, 1.165) is 0 Å². The van der Waals surface area contributed by atoms with Gasteiger partial charge in [-0.2, -0.15) is 0 Å². The molecular weight excluding hydrogens is 268 g/mol. The van der Waals surface area contributed by atoms with Crippen LogP contribution >= 0.6 is 11.6 Å². The zero-order valence-corrected chi connectivity index (χ0v) is 11.4. The molecule has 0 bridgehead atoms. The van der Waals surface area contributed by atoms with Crippen molar-refractivity contribution in [1.29, 1.82) is 0 Å². The lowest BCUT2D eigenvalue weighted by atomic mass is 10.2. The zero-order valence-electron chi connectivity index (χ0n) is 10.6. The van der Waals surface area contributed by atoms with Gasteiger partial charge in [-0.15, -0.1) is 0 Å². The fraction of sp³-hybridized carbons (Fsp3) is 0.333. The van der Waals surface area contributed by atoms with Crippen molar-refractivity contribution in [2.75, 3.05) is 31.2 Å². The minimum Gasteiger partial charge on any atom is -0.397 e. The third kappa shape index (κ3) is 5.58. The first-order valence-corrected chi connectivity index (χ1v) is 6.08. The van der Waals surface area contributed by atoms with Gasteiger partial charge in [-0.25, -0.2) is 0 Å². The van der Waals surface area contributed by atoms with Crippen molar-refractivity contribution in [1.82, 2.24) is 4.90 Å². The van der Waals surface area contributed by atoms with Gasteiger partial charge in [-0.3, -0.25) is 14.5 Å². The SMILES string of the molecule is CN(CCC(=O)Nc1ccc(Cl)cc1N)CC(N)=O. The second-order valence-corrected chi connectivity index (χ2v) is 4.67. The molecule has 1 aromatic carbocycles. The Morgan fingerprint density at radius 2 is 2.11 bits per heavy atom. The van der Waals surface area contributed by atoms with Gasteiger partial charge >= 0.3 is 0 Å². The molecule has 0 aromatic heterocycles. The lowest BCUT2D eigenvalue weighted by Crippen LogP contribution is -2.32. The largest absolute Gasteiger partial charge is 0.397 e. The third-order valence-electron chi connectivity index (χ3n) is 2.43. The molecule has 0 aliphatic carbocycles. The number of primary amides is 1. The van der Waals surface area contributed by atoms with Crippen LogP contribution in [0.2, 0.25) is 5.02 Å². The van der Waals surface area contributed by atoms with Gasteiger partial charge in [0.25, 0.3) is 0 Å². The molecule has 0 saturated heterocycles. The molecule has 6 nitrogen and oxygen atoms in total. The molecule has 0 fully saturated rings. The van der Waals surface area contributed by atoms with Gasteiger partial charge in [0.15, 0.2) is 0 Å². The van der Waals surface area contributed by atoms with Gasteiger partial charge < -0.3 is 16.8 Å². The van der Waals surface area contributed by atoms with Crippen LogP contribution in [0, 0.1) is 0 Å². The first-order valence-electron chi connectivity index (χ1n) is 5.70. The molecule has 104 valence electrons. The molecule has 0 atom stereocenters. The van der Waals surface area contributed by atoms with Gasteiger partial charge in [-0.1, -0.05) is 11.6 Å². The van der Waals surface area contributed by atoms with E-state index in [1.165, 1.54) is 0 Å². The molecule has 0 unspecified atom stereocenters. The lowest BCUT2D eigenvalue weighted by Gasteiger charge is -2.14. The van der Waals surface area contributed by atoms with E-state index < -0.39 is 5.91 Å². The molecule has 2 amide bonds. The van der Waals surface area contributed by atoms with Crippen LogP contribution in [0.15, 0.2) is 18.2 Å². The number of hydrogen-bond donors (Lipinski definition) is 3. The maximum absolute atomic E-state index is 11.7. The van der Waals surface area contributed by atoms with Crippen molar-refractivity contribution in [2.45, 2.75) is 6.42 Å². The fourth-order valence-electron chi connectivity index (χ4n) is 1.50. The second-order valence-electron chi connectivity index (χ2n) is 4.23. The van der Waals surface area contributed by atoms with E-state index >= 15 is 0 Å². The van der Waals surface area contributed by atoms with Crippen LogP contribution in [0.4, 0.5) is 11.4 Å². The number of hydrogen-bond acceptors (Lipinski definition) is 4. The summed E-state index contributed by atoms with van der Waals surface area (Å²) in [6.45, 7) is 0.554. The van der Waals surface area contributed by atoms with E-state index in [2.05, 4.69) is 5.32 Å². The standard InChI is InChI=1S/C12H17ClN4O2/c1-17(7-11(15)18)5-4-12(19)16-10-3-2-8(13)6-9(10)14/h2-3,6H,4-5,7,14H2,1H3,(H2,15,18)(H,16,19). The summed E-state index contributed by atoms with van der Waals surface area (Å²) in [4.78, 5) is 24.0. The molecule has 0 radical (unpaired) electrons. The molecular formula is C12H17ClN4O2. The summed E-state index contributed by atoms with van der Waals surface area (Å²) in [6.07, 6.45) is 0.242. The van der Waals surface area contributed by atoms with Crippen LogP contribution in [0.25, 0.3) is 0 Å². The molecule has 0 heterocycles. The number of halogens is 1. The van der Waals surface area contributed by atoms with Crippen LogP contribution in [-0.2, 0) is 9.59 Å². The number of nitrogen functional groups attached to an aromatic ring is 1. The topological polar surface area (TPSA) is 101 Å². The average Bonchev–Trinajstić information content (AvgIpc) is 2.29. The molecule has 1 aromatic rings. The van der Waals surface area contributed by atoms with Gasteiger partial charge in [0.05, 0.1) is 17.9 Å². The third-order valence-corrected chi connectivity index (χ3v) is 2.67. The molecule has 19 heavy (non-hydrogen) atoms. The number of benzene rings is 1. The Hall–Kier alpha value is -1.79. The van der Waals surface area contributed by atoms with Crippen LogP contribution in [0.3, 0.4) is 0 Å².